The Morgan fingerprint density at radius 1 is 1.07 bits per heavy atom. The van der Waals surface area contributed by atoms with Crippen molar-refractivity contribution in [3.8, 4) is 0 Å². The van der Waals surface area contributed by atoms with E-state index in [-0.39, 0.29) is 6.03 Å². The van der Waals surface area contributed by atoms with Gasteiger partial charge in [-0.25, -0.2) is 13.2 Å². The summed E-state index contributed by atoms with van der Waals surface area (Å²) in [5.41, 5.74) is 3.62. The number of carbonyl (C=O) groups is 1. The molecule has 0 heterocycles. The van der Waals surface area contributed by atoms with E-state index in [4.69, 9.17) is 0 Å². The average molecular weight is 390 g/mol. The first kappa shape index (κ1) is 20.8. The van der Waals surface area contributed by atoms with Crippen LogP contribution in [0.4, 0.5) is 10.5 Å². The SMILES string of the molecule is CC(C)c1ccc(CN(C)C(=O)NCc2cccc(NS(C)(=O)=O)c2)cc1. The quantitative estimate of drug-likeness (QED) is 0.760. The molecular formula is C20H27N3O3S. The smallest absolute Gasteiger partial charge is 0.317 e. The third kappa shape index (κ3) is 6.94. The fraction of sp³-hybridized carbons (Fsp3) is 0.350. The Morgan fingerprint density at radius 2 is 1.74 bits per heavy atom. The van der Waals surface area contributed by atoms with E-state index in [1.54, 1.807) is 30.1 Å². The molecule has 146 valence electrons. The van der Waals surface area contributed by atoms with Gasteiger partial charge >= 0.3 is 6.03 Å². The van der Waals surface area contributed by atoms with Crippen molar-refractivity contribution in [2.45, 2.75) is 32.9 Å². The number of hydrogen-bond donors (Lipinski definition) is 2. The number of urea groups is 1. The lowest BCUT2D eigenvalue weighted by molar-refractivity contribution is 0.206. The lowest BCUT2D eigenvalue weighted by Gasteiger charge is -2.19. The summed E-state index contributed by atoms with van der Waals surface area (Å²) >= 11 is 0. The first-order valence-corrected chi connectivity index (χ1v) is 10.7. The maximum atomic E-state index is 12.3. The maximum absolute atomic E-state index is 12.3. The maximum Gasteiger partial charge on any atom is 0.317 e. The summed E-state index contributed by atoms with van der Waals surface area (Å²) in [6.07, 6.45) is 1.10. The molecule has 2 aromatic rings. The van der Waals surface area contributed by atoms with Gasteiger partial charge in [0.05, 0.1) is 6.26 Å². The van der Waals surface area contributed by atoms with Gasteiger partial charge in [0.15, 0.2) is 0 Å². The summed E-state index contributed by atoms with van der Waals surface area (Å²) in [5, 5.41) is 2.85. The predicted octanol–water partition coefficient (Wildman–Crippen LogP) is 3.52. The van der Waals surface area contributed by atoms with Gasteiger partial charge in [0.1, 0.15) is 0 Å². The van der Waals surface area contributed by atoms with Crippen molar-refractivity contribution in [3.05, 3.63) is 65.2 Å². The van der Waals surface area contributed by atoms with Crippen molar-refractivity contribution in [2.24, 2.45) is 0 Å². The molecule has 0 aliphatic heterocycles. The number of anilines is 1. The lowest BCUT2D eigenvalue weighted by Crippen LogP contribution is -2.36. The highest BCUT2D eigenvalue weighted by atomic mass is 32.2. The van der Waals surface area contributed by atoms with E-state index in [0.717, 1.165) is 17.4 Å². The van der Waals surface area contributed by atoms with Crippen LogP contribution < -0.4 is 10.0 Å². The zero-order chi connectivity index (χ0) is 20.0. The van der Waals surface area contributed by atoms with E-state index < -0.39 is 10.0 Å². The number of sulfonamides is 1. The Hall–Kier alpha value is -2.54. The monoisotopic (exact) mass is 389 g/mol. The van der Waals surface area contributed by atoms with E-state index in [2.05, 4.69) is 36.0 Å². The number of nitrogens with zero attached hydrogens (tertiary/aromatic N) is 1. The van der Waals surface area contributed by atoms with Gasteiger partial charge in [0, 0.05) is 25.8 Å². The molecule has 2 N–H and O–H groups in total. The number of nitrogens with one attached hydrogen (secondary N) is 2. The number of benzene rings is 2. The second-order valence-corrected chi connectivity index (χ2v) is 8.73. The Balaban J connectivity index is 1.90. The van der Waals surface area contributed by atoms with Crippen molar-refractivity contribution < 1.29 is 13.2 Å². The minimum Gasteiger partial charge on any atom is -0.334 e. The molecule has 2 aromatic carbocycles. The molecule has 2 rings (SSSR count). The molecule has 0 saturated heterocycles. The Labute approximate surface area is 161 Å². The summed E-state index contributed by atoms with van der Waals surface area (Å²) in [5.74, 6) is 0.480. The van der Waals surface area contributed by atoms with Crippen LogP contribution in [-0.4, -0.2) is 32.7 Å². The molecule has 0 aliphatic carbocycles. The van der Waals surface area contributed by atoms with Crippen molar-refractivity contribution >= 4 is 21.7 Å². The van der Waals surface area contributed by atoms with Crippen LogP contribution in [-0.2, 0) is 23.1 Å². The van der Waals surface area contributed by atoms with Gasteiger partial charge in [0.2, 0.25) is 10.0 Å². The first-order chi connectivity index (χ1) is 12.6. The van der Waals surface area contributed by atoms with Gasteiger partial charge in [0.25, 0.3) is 0 Å². The molecule has 0 fully saturated rings. The molecule has 0 spiro atoms. The second-order valence-electron chi connectivity index (χ2n) is 6.99. The molecule has 0 atom stereocenters. The van der Waals surface area contributed by atoms with Gasteiger partial charge < -0.3 is 10.2 Å². The zero-order valence-corrected chi connectivity index (χ0v) is 17.0. The van der Waals surface area contributed by atoms with Crippen molar-refractivity contribution in [1.82, 2.24) is 10.2 Å². The van der Waals surface area contributed by atoms with Crippen LogP contribution in [0.15, 0.2) is 48.5 Å². The molecule has 6 nitrogen and oxygen atoms in total. The molecule has 0 aliphatic rings. The van der Waals surface area contributed by atoms with Gasteiger partial charge in [-0.15, -0.1) is 0 Å². The molecule has 0 radical (unpaired) electrons. The summed E-state index contributed by atoms with van der Waals surface area (Å²) in [6, 6.07) is 15.0. The number of amides is 2. The summed E-state index contributed by atoms with van der Waals surface area (Å²) < 4.78 is 25.0. The van der Waals surface area contributed by atoms with E-state index in [1.165, 1.54) is 5.56 Å². The van der Waals surface area contributed by atoms with Gasteiger partial charge in [-0.2, -0.15) is 0 Å². The number of rotatable bonds is 7. The summed E-state index contributed by atoms with van der Waals surface area (Å²) in [4.78, 5) is 13.9. The third-order valence-electron chi connectivity index (χ3n) is 4.09. The summed E-state index contributed by atoms with van der Waals surface area (Å²) in [6.45, 7) is 5.12. The van der Waals surface area contributed by atoms with Crippen LogP contribution in [0, 0.1) is 0 Å². The van der Waals surface area contributed by atoms with Gasteiger partial charge in [-0.3, -0.25) is 4.72 Å². The van der Waals surface area contributed by atoms with Crippen LogP contribution in [0.2, 0.25) is 0 Å². The minimum absolute atomic E-state index is 0.190. The summed E-state index contributed by atoms with van der Waals surface area (Å²) in [7, 11) is -1.58. The normalized spacial score (nSPS) is 11.3. The predicted molar refractivity (Wildman–Crippen MR) is 109 cm³/mol. The van der Waals surface area contributed by atoms with E-state index in [9.17, 15) is 13.2 Å². The molecular weight excluding hydrogens is 362 g/mol. The van der Waals surface area contributed by atoms with Gasteiger partial charge in [-0.1, -0.05) is 50.2 Å². The van der Waals surface area contributed by atoms with E-state index in [0.29, 0.717) is 24.7 Å². The largest absolute Gasteiger partial charge is 0.334 e. The molecule has 0 saturated carbocycles. The van der Waals surface area contributed by atoms with Crippen LogP contribution >= 0.6 is 0 Å². The number of hydrogen-bond acceptors (Lipinski definition) is 3. The molecule has 0 aromatic heterocycles. The Bertz CT molecular complexity index is 878. The molecule has 2 amide bonds. The number of carbonyl (C=O) groups excluding carboxylic acids is 1. The Morgan fingerprint density at radius 3 is 2.33 bits per heavy atom. The second kappa shape index (κ2) is 8.90. The van der Waals surface area contributed by atoms with Crippen LogP contribution in [0.3, 0.4) is 0 Å². The van der Waals surface area contributed by atoms with Crippen LogP contribution in [0.25, 0.3) is 0 Å². The van der Waals surface area contributed by atoms with E-state index in [1.807, 2.05) is 18.2 Å². The zero-order valence-electron chi connectivity index (χ0n) is 16.2. The topological polar surface area (TPSA) is 78.5 Å². The highest BCUT2D eigenvalue weighted by molar-refractivity contribution is 7.92. The fourth-order valence-electron chi connectivity index (χ4n) is 2.63. The Kier molecular flexibility index (Phi) is 6.85. The highest BCUT2D eigenvalue weighted by Crippen LogP contribution is 2.15. The third-order valence-corrected chi connectivity index (χ3v) is 4.69. The molecule has 27 heavy (non-hydrogen) atoms. The molecule has 0 bridgehead atoms. The average Bonchev–Trinajstić information content (AvgIpc) is 2.59. The van der Waals surface area contributed by atoms with Crippen LogP contribution in [0.1, 0.15) is 36.5 Å². The van der Waals surface area contributed by atoms with E-state index >= 15 is 0 Å². The minimum atomic E-state index is -3.33. The molecule has 0 unspecified atom stereocenters. The van der Waals surface area contributed by atoms with Gasteiger partial charge in [-0.05, 0) is 34.7 Å². The highest BCUT2D eigenvalue weighted by Gasteiger charge is 2.10. The first-order valence-electron chi connectivity index (χ1n) is 8.78. The fourth-order valence-corrected chi connectivity index (χ4v) is 3.18. The van der Waals surface area contributed by atoms with Crippen molar-refractivity contribution in [1.29, 1.82) is 0 Å². The van der Waals surface area contributed by atoms with Crippen molar-refractivity contribution in [2.75, 3.05) is 18.0 Å². The van der Waals surface area contributed by atoms with Crippen molar-refractivity contribution in [3.63, 3.8) is 0 Å². The molecule has 7 heteroatoms. The lowest BCUT2D eigenvalue weighted by atomic mass is 10.0. The van der Waals surface area contributed by atoms with Crippen LogP contribution in [0.5, 0.6) is 0 Å². The standard InChI is InChI=1S/C20H27N3O3S/c1-15(2)18-10-8-16(9-11-18)14-23(3)20(24)21-13-17-6-5-7-19(12-17)22-27(4,25)26/h5-12,15,22H,13-14H2,1-4H3,(H,21,24).